The van der Waals surface area contributed by atoms with Crippen LogP contribution in [0.4, 0.5) is 0 Å². The lowest BCUT2D eigenvalue weighted by Crippen LogP contribution is -2.44. The minimum Gasteiger partial charge on any atom is -0.480 e. The van der Waals surface area contributed by atoms with Crippen LogP contribution in [0.25, 0.3) is 21.5 Å². The number of rotatable bonds is 7. The molecule has 5 nitrogen and oxygen atoms in total. The molecule has 0 aliphatic rings. The molecule has 0 aliphatic carbocycles. The molecule has 0 fully saturated rings. The second kappa shape index (κ2) is 8.98. The quantitative estimate of drug-likeness (QED) is 0.438. The summed E-state index contributed by atoms with van der Waals surface area (Å²) in [5.41, 5.74) is 1.57. The average molecular weight is 413 g/mol. The van der Waals surface area contributed by atoms with Gasteiger partial charge in [0.15, 0.2) is 6.10 Å². The SMILES string of the molecule is CO[C@H](C(=O)N[C@H](Cc1c2ccccc2cc2ccccc12)C(=O)O)c1ccccc1. The van der Waals surface area contributed by atoms with Gasteiger partial charge in [-0.3, -0.25) is 4.79 Å². The van der Waals surface area contributed by atoms with Crippen molar-refractivity contribution < 1.29 is 19.4 Å². The third-order valence-corrected chi connectivity index (χ3v) is 5.48. The number of carbonyl (C=O) groups excluding carboxylic acids is 1. The third-order valence-electron chi connectivity index (χ3n) is 5.48. The molecule has 31 heavy (non-hydrogen) atoms. The minimum atomic E-state index is -1.09. The number of amides is 1. The Labute approximate surface area is 180 Å². The van der Waals surface area contributed by atoms with Gasteiger partial charge in [-0.05, 0) is 38.7 Å². The number of nitrogens with one attached hydrogen (secondary N) is 1. The van der Waals surface area contributed by atoms with Crippen molar-refractivity contribution in [3.63, 3.8) is 0 Å². The van der Waals surface area contributed by atoms with Gasteiger partial charge in [0.2, 0.25) is 0 Å². The molecule has 2 atom stereocenters. The summed E-state index contributed by atoms with van der Waals surface area (Å²) in [7, 11) is 1.44. The highest BCUT2D eigenvalue weighted by atomic mass is 16.5. The lowest BCUT2D eigenvalue weighted by atomic mass is 9.92. The maximum absolute atomic E-state index is 12.9. The Balaban J connectivity index is 1.69. The number of carbonyl (C=O) groups is 2. The molecule has 0 aliphatic heterocycles. The molecule has 4 aromatic rings. The fourth-order valence-electron chi connectivity index (χ4n) is 4.00. The van der Waals surface area contributed by atoms with Crippen LogP contribution in [0.15, 0.2) is 84.9 Å². The predicted octanol–water partition coefficient (Wildman–Crippen LogP) is 4.49. The number of benzene rings is 4. The monoisotopic (exact) mass is 413 g/mol. The van der Waals surface area contributed by atoms with E-state index >= 15 is 0 Å². The van der Waals surface area contributed by atoms with Gasteiger partial charge in [0.05, 0.1) is 0 Å². The maximum Gasteiger partial charge on any atom is 0.326 e. The van der Waals surface area contributed by atoms with Crippen LogP contribution >= 0.6 is 0 Å². The first-order chi connectivity index (χ1) is 15.1. The van der Waals surface area contributed by atoms with Crippen molar-refractivity contribution in [2.75, 3.05) is 7.11 Å². The molecule has 1 amide bonds. The second-order valence-corrected chi connectivity index (χ2v) is 7.43. The molecule has 4 aromatic carbocycles. The average Bonchev–Trinajstić information content (AvgIpc) is 2.79. The summed E-state index contributed by atoms with van der Waals surface area (Å²) in [6.45, 7) is 0. The molecular formula is C26H23NO4. The van der Waals surface area contributed by atoms with Crippen molar-refractivity contribution in [1.29, 1.82) is 0 Å². The number of carboxylic acid groups (broad SMARTS) is 1. The zero-order chi connectivity index (χ0) is 21.8. The van der Waals surface area contributed by atoms with E-state index in [0.717, 1.165) is 27.1 Å². The summed E-state index contributed by atoms with van der Waals surface area (Å²) in [5, 5.41) is 16.6. The zero-order valence-corrected chi connectivity index (χ0v) is 17.1. The van der Waals surface area contributed by atoms with Crippen LogP contribution in [-0.4, -0.2) is 30.1 Å². The van der Waals surface area contributed by atoms with E-state index in [2.05, 4.69) is 11.4 Å². The highest BCUT2D eigenvalue weighted by molar-refractivity contribution is 6.02. The van der Waals surface area contributed by atoms with Crippen molar-refractivity contribution in [1.82, 2.24) is 5.32 Å². The molecule has 0 bridgehead atoms. The van der Waals surface area contributed by atoms with E-state index in [1.165, 1.54) is 7.11 Å². The number of ether oxygens (including phenoxy) is 1. The Kier molecular flexibility index (Phi) is 5.96. The highest BCUT2D eigenvalue weighted by Gasteiger charge is 2.27. The molecule has 5 heteroatoms. The fourth-order valence-corrected chi connectivity index (χ4v) is 4.00. The largest absolute Gasteiger partial charge is 0.480 e. The molecular weight excluding hydrogens is 390 g/mol. The highest BCUT2D eigenvalue weighted by Crippen LogP contribution is 2.29. The number of hydrogen-bond acceptors (Lipinski definition) is 3. The van der Waals surface area contributed by atoms with Crippen molar-refractivity contribution in [3.05, 3.63) is 96.1 Å². The second-order valence-electron chi connectivity index (χ2n) is 7.43. The van der Waals surface area contributed by atoms with Gasteiger partial charge in [0.25, 0.3) is 5.91 Å². The van der Waals surface area contributed by atoms with Gasteiger partial charge in [-0.2, -0.15) is 0 Å². The maximum atomic E-state index is 12.9. The van der Waals surface area contributed by atoms with Gasteiger partial charge in [0, 0.05) is 13.5 Å². The Hall–Kier alpha value is -3.70. The summed E-state index contributed by atoms with van der Waals surface area (Å²) < 4.78 is 5.36. The van der Waals surface area contributed by atoms with Crippen LogP contribution in [0.3, 0.4) is 0 Å². The van der Waals surface area contributed by atoms with Crippen molar-refractivity contribution in [2.45, 2.75) is 18.6 Å². The van der Waals surface area contributed by atoms with Crippen molar-refractivity contribution in [3.8, 4) is 0 Å². The van der Waals surface area contributed by atoms with Crippen LogP contribution in [0.5, 0.6) is 0 Å². The molecule has 0 heterocycles. The van der Waals surface area contributed by atoms with Gasteiger partial charge in [-0.25, -0.2) is 4.79 Å². The summed E-state index contributed by atoms with van der Waals surface area (Å²) in [6.07, 6.45) is -0.721. The van der Waals surface area contributed by atoms with Crippen LogP contribution in [0, 0.1) is 0 Å². The Bertz CT molecular complexity index is 1180. The van der Waals surface area contributed by atoms with Gasteiger partial charge in [0.1, 0.15) is 6.04 Å². The number of carboxylic acids is 1. The van der Waals surface area contributed by atoms with Gasteiger partial charge < -0.3 is 15.2 Å². The molecule has 4 rings (SSSR count). The lowest BCUT2D eigenvalue weighted by Gasteiger charge is -2.21. The number of fused-ring (bicyclic) bond motifs is 2. The van der Waals surface area contributed by atoms with Gasteiger partial charge in [-0.1, -0.05) is 78.9 Å². The summed E-state index contributed by atoms with van der Waals surface area (Å²) >= 11 is 0. The standard InChI is InChI=1S/C26H23NO4/c1-31-24(17-9-3-2-4-10-17)25(28)27-23(26(29)30)16-22-20-13-7-5-11-18(20)15-19-12-6-8-14-21(19)22/h2-15,23-24H,16H2,1H3,(H,27,28)(H,29,30)/t23-,24+/m1/s1. The summed E-state index contributed by atoms with van der Waals surface area (Å²) in [6, 6.07) is 25.8. The number of methoxy groups -OCH3 is 1. The van der Waals surface area contributed by atoms with E-state index in [0.29, 0.717) is 5.56 Å². The lowest BCUT2D eigenvalue weighted by molar-refractivity contribution is -0.144. The van der Waals surface area contributed by atoms with E-state index < -0.39 is 24.0 Å². The first-order valence-corrected chi connectivity index (χ1v) is 10.1. The summed E-state index contributed by atoms with van der Waals surface area (Å²) in [4.78, 5) is 25.0. The van der Waals surface area contributed by atoms with Crippen molar-refractivity contribution in [2.24, 2.45) is 0 Å². The fraction of sp³-hybridized carbons (Fsp3) is 0.154. The van der Waals surface area contributed by atoms with E-state index in [-0.39, 0.29) is 6.42 Å². The van der Waals surface area contributed by atoms with E-state index in [4.69, 9.17) is 4.74 Å². The Morgan fingerprint density at radius 3 is 1.97 bits per heavy atom. The Morgan fingerprint density at radius 2 is 1.42 bits per heavy atom. The van der Waals surface area contributed by atoms with Crippen LogP contribution in [-0.2, 0) is 20.7 Å². The Morgan fingerprint density at radius 1 is 0.871 bits per heavy atom. The summed E-state index contributed by atoms with van der Waals surface area (Å²) in [5.74, 6) is -1.57. The normalized spacial score (nSPS) is 13.1. The van der Waals surface area contributed by atoms with Crippen LogP contribution in [0.2, 0.25) is 0 Å². The topological polar surface area (TPSA) is 75.6 Å². The number of hydrogen-bond donors (Lipinski definition) is 2. The first-order valence-electron chi connectivity index (χ1n) is 10.1. The van der Waals surface area contributed by atoms with E-state index in [1.807, 2.05) is 66.7 Å². The molecule has 0 saturated carbocycles. The molecule has 0 radical (unpaired) electrons. The smallest absolute Gasteiger partial charge is 0.326 e. The molecule has 0 spiro atoms. The third kappa shape index (κ3) is 4.27. The van der Waals surface area contributed by atoms with Gasteiger partial charge in [-0.15, -0.1) is 0 Å². The molecule has 0 aromatic heterocycles. The van der Waals surface area contributed by atoms with E-state index in [1.54, 1.807) is 12.1 Å². The van der Waals surface area contributed by atoms with E-state index in [9.17, 15) is 14.7 Å². The van der Waals surface area contributed by atoms with Crippen LogP contribution < -0.4 is 5.32 Å². The minimum absolute atomic E-state index is 0.161. The molecule has 2 N–H and O–H groups in total. The van der Waals surface area contributed by atoms with Gasteiger partial charge >= 0.3 is 5.97 Å². The van der Waals surface area contributed by atoms with Crippen LogP contribution in [0.1, 0.15) is 17.2 Å². The molecule has 0 unspecified atom stereocenters. The number of aliphatic carboxylic acids is 1. The van der Waals surface area contributed by atoms with Crippen molar-refractivity contribution >= 4 is 33.4 Å². The predicted molar refractivity (Wildman–Crippen MR) is 121 cm³/mol. The first kappa shape index (κ1) is 20.6. The molecule has 0 saturated heterocycles. The zero-order valence-electron chi connectivity index (χ0n) is 17.1. The molecule has 156 valence electrons.